The fraction of sp³-hybridized carbons (Fsp3) is 0.588. The molecule has 6 nitrogen and oxygen atoms in total. The molecule has 7 heteroatoms. The van der Waals surface area contributed by atoms with E-state index >= 15 is 0 Å². The monoisotopic (exact) mass is 357 g/mol. The third-order valence-corrected chi connectivity index (χ3v) is 3.99. The first-order chi connectivity index (χ1) is 11.0. The van der Waals surface area contributed by atoms with E-state index in [1.165, 1.54) is 7.11 Å². The molecule has 1 rings (SSSR count). The van der Waals surface area contributed by atoms with E-state index in [0.29, 0.717) is 0 Å². The molecular formula is C17H27NO5S. The zero-order valence-corrected chi connectivity index (χ0v) is 15.8. The van der Waals surface area contributed by atoms with Gasteiger partial charge >= 0.3 is 0 Å². The van der Waals surface area contributed by atoms with Crippen molar-refractivity contribution in [3.8, 4) is 0 Å². The molecule has 0 unspecified atom stereocenters. The van der Waals surface area contributed by atoms with Crippen molar-refractivity contribution in [1.82, 2.24) is 0 Å². The average Bonchev–Trinajstić information content (AvgIpc) is 2.43. The molecule has 1 amide bonds. The first-order valence-electron chi connectivity index (χ1n) is 7.79. The van der Waals surface area contributed by atoms with Crippen LogP contribution in [0.1, 0.15) is 39.2 Å². The summed E-state index contributed by atoms with van der Waals surface area (Å²) in [6.45, 7) is 6.34. The van der Waals surface area contributed by atoms with Crippen molar-refractivity contribution >= 4 is 21.7 Å². The Hall–Kier alpha value is -1.44. The molecule has 0 aliphatic heterocycles. The molecule has 1 aromatic rings. The highest BCUT2D eigenvalue weighted by molar-refractivity contribution is 7.86. The first kappa shape index (κ1) is 20.6. The number of rotatable bonds is 8. The molecule has 1 aromatic carbocycles. The Morgan fingerprint density at radius 1 is 1.25 bits per heavy atom. The molecule has 0 fully saturated rings. The molecule has 136 valence electrons. The van der Waals surface area contributed by atoms with Gasteiger partial charge in [0.25, 0.3) is 10.1 Å². The molecule has 0 aliphatic rings. The molecule has 0 saturated carbocycles. The van der Waals surface area contributed by atoms with Crippen LogP contribution in [0, 0.1) is 0 Å². The molecule has 0 bridgehead atoms. The van der Waals surface area contributed by atoms with Crippen molar-refractivity contribution in [2.45, 2.75) is 45.1 Å². The molecule has 0 spiro atoms. The van der Waals surface area contributed by atoms with Crippen LogP contribution in [0.5, 0.6) is 0 Å². The van der Waals surface area contributed by atoms with Crippen LogP contribution in [0.3, 0.4) is 0 Å². The van der Waals surface area contributed by atoms with Crippen molar-refractivity contribution in [3.05, 3.63) is 29.8 Å². The number of anilines is 1. The van der Waals surface area contributed by atoms with E-state index in [-0.39, 0.29) is 30.8 Å². The highest BCUT2D eigenvalue weighted by atomic mass is 32.2. The van der Waals surface area contributed by atoms with Crippen LogP contribution in [0.15, 0.2) is 24.3 Å². The summed E-state index contributed by atoms with van der Waals surface area (Å²) in [5, 5.41) is 2.89. The third kappa shape index (κ3) is 7.42. The van der Waals surface area contributed by atoms with Crippen LogP contribution < -0.4 is 5.32 Å². The summed E-state index contributed by atoms with van der Waals surface area (Å²) in [6.07, 6.45) is 0.704. The van der Waals surface area contributed by atoms with Gasteiger partial charge in [-0.3, -0.25) is 8.98 Å². The second kappa shape index (κ2) is 8.60. The number of hydrogen-bond acceptors (Lipinski definition) is 5. The lowest BCUT2D eigenvalue weighted by molar-refractivity contribution is -0.116. The van der Waals surface area contributed by atoms with E-state index in [2.05, 4.69) is 26.1 Å². The van der Waals surface area contributed by atoms with E-state index in [1.807, 2.05) is 24.3 Å². The molecule has 1 N–H and O–H groups in total. The molecule has 0 saturated heterocycles. The zero-order chi connectivity index (χ0) is 18.4. The standard InChI is InChI=1S/C17H27NO5S/c1-17(2,3)14-8-6-7-9-15(14)18-16(19)11-10-13(12-22-4)23-24(5,20)21/h6-9,13H,10-12H2,1-5H3,(H,18,19)/t13-/m0/s1. The predicted molar refractivity (Wildman–Crippen MR) is 94.6 cm³/mol. The minimum atomic E-state index is -3.59. The summed E-state index contributed by atoms with van der Waals surface area (Å²) in [4.78, 5) is 12.2. The molecule has 24 heavy (non-hydrogen) atoms. The van der Waals surface area contributed by atoms with Crippen LogP contribution in [0.4, 0.5) is 5.69 Å². The van der Waals surface area contributed by atoms with Crippen molar-refractivity contribution in [1.29, 1.82) is 0 Å². The number of methoxy groups -OCH3 is 1. The van der Waals surface area contributed by atoms with Gasteiger partial charge in [-0.05, 0) is 23.5 Å². The molecule has 0 heterocycles. The topological polar surface area (TPSA) is 81.7 Å². The number of carbonyl (C=O) groups excluding carboxylic acids is 1. The van der Waals surface area contributed by atoms with Crippen LogP contribution >= 0.6 is 0 Å². The lowest BCUT2D eigenvalue weighted by atomic mass is 9.86. The van der Waals surface area contributed by atoms with Gasteiger partial charge < -0.3 is 10.1 Å². The Morgan fingerprint density at radius 2 is 1.88 bits per heavy atom. The maximum atomic E-state index is 12.2. The van der Waals surface area contributed by atoms with Crippen molar-refractivity contribution < 1.29 is 22.1 Å². The number of hydrogen-bond donors (Lipinski definition) is 1. The fourth-order valence-corrected chi connectivity index (χ4v) is 2.99. The Morgan fingerprint density at radius 3 is 2.42 bits per heavy atom. The molecule has 0 aromatic heterocycles. The summed E-state index contributed by atoms with van der Waals surface area (Å²) in [6, 6.07) is 7.64. The van der Waals surface area contributed by atoms with Gasteiger partial charge in [-0.25, -0.2) is 0 Å². The van der Waals surface area contributed by atoms with Gasteiger partial charge in [-0.15, -0.1) is 0 Å². The van der Waals surface area contributed by atoms with E-state index in [1.54, 1.807) is 0 Å². The predicted octanol–water partition coefficient (Wildman–Crippen LogP) is 2.69. The Labute approximate surface area is 144 Å². The summed E-state index contributed by atoms with van der Waals surface area (Å²) in [5.41, 5.74) is 1.71. The van der Waals surface area contributed by atoms with E-state index in [4.69, 9.17) is 8.92 Å². The number of ether oxygens (including phenoxy) is 1. The van der Waals surface area contributed by atoms with Gasteiger partial charge in [-0.2, -0.15) is 8.42 Å². The molecule has 0 radical (unpaired) electrons. The second-order valence-corrected chi connectivity index (χ2v) is 8.36. The van der Waals surface area contributed by atoms with Gasteiger partial charge in [-0.1, -0.05) is 39.0 Å². The summed E-state index contributed by atoms with van der Waals surface area (Å²) in [5.74, 6) is -0.190. The summed E-state index contributed by atoms with van der Waals surface area (Å²) < 4.78 is 32.3. The van der Waals surface area contributed by atoms with E-state index in [0.717, 1.165) is 17.5 Å². The van der Waals surface area contributed by atoms with Crippen LogP contribution in [0.25, 0.3) is 0 Å². The van der Waals surface area contributed by atoms with Crippen LogP contribution in [-0.4, -0.2) is 40.4 Å². The summed E-state index contributed by atoms with van der Waals surface area (Å²) >= 11 is 0. The minimum absolute atomic E-state index is 0.0954. The van der Waals surface area contributed by atoms with Gasteiger partial charge in [0.15, 0.2) is 0 Å². The maximum absolute atomic E-state index is 12.2. The Balaban J connectivity index is 2.69. The lowest BCUT2D eigenvalue weighted by Crippen LogP contribution is -2.25. The molecule has 0 aliphatic carbocycles. The normalized spacial score (nSPS) is 13.5. The van der Waals surface area contributed by atoms with E-state index in [9.17, 15) is 13.2 Å². The largest absolute Gasteiger partial charge is 0.382 e. The zero-order valence-electron chi connectivity index (χ0n) is 15.0. The highest BCUT2D eigenvalue weighted by Crippen LogP contribution is 2.29. The minimum Gasteiger partial charge on any atom is -0.382 e. The fourth-order valence-electron chi connectivity index (χ4n) is 2.34. The Bertz CT molecular complexity index is 649. The van der Waals surface area contributed by atoms with Crippen molar-refractivity contribution in [3.63, 3.8) is 0 Å². The van der Waals surface area contributed by atoms with Crippen molar-refractivity contribution in [2.24, 2.45) is 0 Å². The highest BCUT2D eigenvalue weighted by Gasteiger charge is 2.20. The quantitative estimate of drug-likeness (QED) is 0.724. The van der Waals surface area contributed by atoms with Gasteiger partial charge in [0.2, 0.25) is 5.91 Å². The van der Waals surface area contributed by atoms with Gasteiger partial charge in [0.05, 0.1) is 12.9 Å². The number of carbonyl (C=O) groups is 1. The second-order valence-electron chi connectivity index (χ2n) is 6.76. The smallest absolute Gasteiger partial charge is 0.264 e. The lowest BCUT2D eigenvalue weighted by Gasteiger charge is -2.23. The summed E-state index contributed by atoms with van der Waals surface area (Å²) in [7, 11) is -2.13. The van der Waals surface area contributed by atoms with Gasteiger partial charge in [0, 0.05) is 19.2 Å². The Kier molecular flexibility index (Phi) is 7.38. The van der Waals surface area contributed by atoms with Crippen LogP contribution in [0.2, 0.25) is 0 Å². The maximum Gasteiger partial charge on any atom is 0.264 e. The average molecular weight is 357 g/mol. The van der Waals surface area contributed by atoms with E-state index < -0.39 is 16.2 Å². The first-order valence-corrected chi connectivity index (χ1v) is 9.61. The number of benzene rings is 1. The van der Waals surface area contributed by atoms with Gasteiger partial charge in [0.1, 0.15) is 6.10 Å². The molecular weight excluding hydrogens is 330 g/mol. The number of amides is 1. The number of nitrogens with one attached hydrogen (secondary N) is 1. The SMILES string of the molecule is COC[C@H](CCC(=O)Nc1ccccc1C(C)(C)C)OS(C)(=O)=O. The third-order valence-electron chi connectivity index (χ3n) is 3.37. The van der Waals surface area contributed by atoms with Crippen LogP contribution in [-0.2, 0) is 29.2 Å². The molecule has 1 atom stereocenters. The number of para-hydroxylation sites is 1. The van der Waals surface area contributed by atoms with Crippen molar-refractivity contribution in [2.75, 3.05) is 25.3 Å².